The van der Waals surface area contributed by atoms with Gasteiger partial charge in [0.2, 0.25) is 0 Å². The van der Waals surface area contributed by atoms with Gasteiger partial charge in [0.25, 0.3) is 0 Å². The Balaban J connectivity index is 3.43. The molecule has 0 heteroatoms. The van der Waals surface area contributed by atoms with Gasteiger partial charge in [-0.1, -0.05) is 91.6 Å². The molecule has 1 aliphatic rings. The van der Waals surface area contributed by atoms with E-state index < -0.39 is 0 Å². The van der Waals surface area contributed by atoms with Crippen LogP contribution in [0.5, 0.6) is 0 Å². The summed E-state index contributed by atoms with van der Waals surface area (Å²) in [4.78, 5) is 0. The lowest BCUT2D eigenvalue weighted by Gasteiger charge is -2.19. The molecule has 0 aliphatic heterocycles. The fraction of sp³-hybridized carbons (Fsp3) is 0.143. The lowest BCUT2D eigenvalue weighted by molar-refractivity contribution is 0.878. The predicted molar refractivity (Wildman–Crippen MR) is 96.0 cm³/mol. The zero-order valence-electron chi connectivity index (χ0n) is 12.9. The van der Waals surface area contributed by atoms with Crippen LogP contribution < -0.4 is 0 Å². The van der Waals surface area contributed by atoms with Crippen molar-refractivity contribution < 1.29 is 0 Å². The summed E-state index contributed by atoms with van der Waals surface area (Å²) in [6.45, 7) is 17.5. The van der Waals surface area contributed by atoms with Gasteiger partial charge in [0.15, 0.2) is 0 Å². The average molecular weight is 276 g/mol. The molecular weight excluding hydrogens is 252 g/mol. The van der Waals surface area contributed by atoms with Gasteiger partial charge < -0.3 is 0 Å². The number of allylic oxidation sites excluding steroid dienone is 14. The van der Waals surface area contributed by atoms with Crippen LogP contribution >= 0.6 is 0 Å². The minimum Gasteiger partial charge on any atom is -0.103 e. The van der Waals surface area contributed by atoms with Gasteiger partial charge >= 0.3 is 0 Å². The molecule has 0 saturated carbocycles. The molecule has 1 aliphatic carbocycles. The van der Waals surface area contributed by atoms with Crippen LogP contribution in [0.3, 0.4) is 0 Å². The van der Waals surface area contributed by atoms with E-state index in [9.17, 15) is 0 Å². The molecule has 0 radical (unpaired) electrons. The summed E-state index contributed by atoms with van der Waals surface area (Å²) in [6.07, 6.45) is 21.0. The topological polar surface area (TPSA) is 0 Å². The second-order valence-electron chi connectivity index (χ2n) is 4.90. The quantitative estimate of drug-likeness (QED) is 0.393. The molecule has 0 amide bonds. The van der Waals surface area contributed by atoms with Gasteiger partial charge in [-0.2, -0.15) is 0 Å². The summed E-state index contributed by atoms with van der Waals surface area (Å²) in [5, 5.41) is 0. The Morgan fingerprint density at radius 2 is 1.90 bits per heavy atom. The van der Waals surface area contributed by atoms with Gasteiger partial charge in [0.1, 0.15) is 0 Å². The Labute approximate surface area is 129 Å². The van der Waals surface area contributed by atoms with E-state index >= 15 is 0 Å². The van der Waals surface area contributed by atoms with Crippen molar-refractivity contribution in [1.29, 1.82) is 0 Å². The Bertz CT molecular complexity index is 561. The Hall–Kier alpha value is -2.34. The van der Waals surface area contributed by atoms with Crippen molar-refractivity contribution in [3.63, 3.8) is 0 Å². The van der Waals surface area contributed by atoms with Gasteiger partial charge in [-0.3, -0.25) is 0 Å². The molecule has 0 aromatic carbocycles. The molecule has 0 saturated heterocycles. The van der Waals surface area contributed by atoms with Crippen LogP contribution in [-0.2, 0) is 0 Å². The lowest BCUT2D eigenvalue weighted by Crippen LogP contribution is -2.05. The van der Waals surface area contributed by atoms with E-state index in [-0.39, 0.29) is 5.92 Å². The largest absolute Gasteiger partial charge is 0.103 e. The molecule has 0 aromatic rings. The molecule has 0 fully saturated rings. The minimum atomic E-state index is 0.193. The van der Waals surface area contributed by atoms with Crippen LogP contribution in [0.25, 0.3) is 0 Å². The van der Waals surface area contributed by atoms with Gasteiger partial charge in [-0.15, -0.1) is 6.58 Å². The van der Waals surface area contributed by atoms with Crippen molar-refractivity contribution in [3.8, 4) is 0 Å². The molecule has 0 spiro atoms. The van der Waals surface area contributed by atoms with Crippen molar-refractivity contribution in [1.82, 2.24) is 0 Å². The van der Waals surface area contributed by atoms with Crippen LogP contribution in [0, 0.1) is 5.92 Å². The third-order valence-corrected chi connectivity index (χ3v) is 3.38. The smallest absolute Gasteiger partial charge is 0.0243 e. The van der Waals surface area contributed by atoms with E-state index in [1.165, 1.54) is 16.7 Å². The molecule has 0 heterocycles. The Morgan fingerprint density at radius 3 is 2.48 bits per heavy atom. The molecule has 1 rings (SSSR count). The first-order valence-electron chi connectivity index (χ1n) is 7.12. The maximum atomic E-state index is 3.90. The minimum absolute atomic E-state index is 0.193. The average Bonchev–Trinajstić information content (AvgIpc) is 2.65. The molecule has 0 aromatic heterocycles. The second-order valence-corrected chi connectivity index (χ2v) is 4.90. The maximum absolute atomic E-state index is 3.90. The second kappa shape index (κ2) is 8.76. The van der Waals surface area contributed by atoms with E-state index in [1.807, 2.05) is 24.3 Å². The van der Waals surface area contributed by atoms with Crippen molar-refractivity contribution >= 4 is 0 Å². The number of hydrogen-bond acceptors (Lipinski definition) is 0. The highest BCUT2D eigenvalue weighted by Crippen LogP contribution is 2.31. The molecule has 108 valence electrons. The summed E-state index contributed by atoms with van der Waals surface area (Å²) in [5.41, 5.74) is 4.78. The third kappa shape index (κ3) is 4.61. The lowest BCUT2D eigenvalue weighted by atomic mass is 9.85. The first-order chi connectivity index (χ1) is 10.2. The number of rotatable bonds is 7. The van der Waals surface area contributed by atoms with Gasteiger partial charge in [0, 0.05) is 5.92 Å². The van der Waals surface area contributed by atoms with Gasteiger partial charge in [0.05, 0.1) is 0 Å². The SMILES string of the molecule is C=C/C=C\C(=C(C=C)C=C)C1C=CC=C(C)C=C1CC=C. The first-order valence-corrected chi connectivity index (χ1v) is 7.12. The molecule has 1 atom stereocenters. The van der Waals surface area contributed by atoms with Crippen molar-refractivity contribution in [2.75, 3.05) is 0 Å². The zero-order valence-corrected chi connectivity index (χ0v) is 12.9. The van der Waals surface area contributed by atoms with E-state index in [4.69, 9.17) is 0 Å². The summed E-state index contributed by atoms with van der Waals surface area (Å²) >= 11 is 0. The van der Waals surface area contributed by atoms with E-state index in [0.717, 1.165) is 12.0 Å². The highest BCUT2D eigenvalue weighted by Gasteiger charge is 2.17. The summed E-state index contributed by atoms with van der Waals surface area (Å²) in [6, 6.07) is 0. The van der Waals surface area contributed by atoms with Crippen molar-refractivity contribution in [3.05, 3.63) is 109 Å². The van der Waals surface area contributed by atoms with Gasteiger partial charge in [-0.05, 0) is 24.5 Å². The van der Waals surface area contributed by atoms with Crippen molar-refractivity contribution in [2.45, 2.75) is 13.3 Å². The molecule has 0 bridgehead atoms. The van der Waals surface area contributed by atoms with Crippen LogP contribution in [-0.4, -0.2) is 0 Å². The molecular formula is C21H24. The highest BCUT2D eigenvalue weighted by atomic mass is 14.2. The zero-order chi connectivity index (χ0) is 15.7. The summed E-state index contributed by atoms with van der Waals surface area (Å²) < 4.78 is 0. The fourth-order valence-corrected chi connectivity index (χ4v) is 2.40. The third-order valence-electron chi connectivity index (χ3n) is 3.38. The normalized spacial score (nSPS) is 17.5. The Morgan fingerprint density at radius 1 is 1.19 bits per heavy atom. The van der Waals surface area contributed by atoms with Crippen LogP contribution in [0.4, 0.5) is 0 Å². The number of hydrogen-bond donors (Lipinski definition) is 0. The summed E-state index contributed by atoms with van der Waals surface area (Å²) in [7, 11) is 0. The predicted octanol–water partition coefficient (Wildman–Crippen LogP) is 6.03. The maximum Gasteiger partial charge on any atom is 0.0243 e. The van der Waals surface area contributed by atoms with E-state index in [0.29, 0.717) is 0 Å². The van der Waals surface area contributed by atoms with Gasteiger partial charge in [-0.25, -0.2) is 0 Å². The molecule has 0 nitrogen and oxygen atoms in total. The van der Waals surface area contributed by atoms with Crippen LogP contribution in [0.15, 0.2) is 109 Å². The van der Waals surface area contributed by atoms with E-state index in [1.54, 1.807) is 6.08 Å². The Kier molecular flexibility index (Phi) is 6.97. The fourth-order valence-electron chi connectivity index (χ4n) is 2.40. The summed E-state index contributed by atoms with van der Waals surface area (Å²) in [5.74, 6) is 0.193. The van der Waals surface area contributed by atoms with E-state index in [2.05, 4.69) is 63.6 Å². The highest BCUT2D eigenvalue weighted by molar-refractivity contribution is 5.49. The first kappa shape index (κ1) is 16.7. The molecule has 21 heavy (non-hydrogen) atoms. The standard InChI is InChI=1S/C21H24/c1-6-10-14-20(18(8-3)9-4)21-15-11-13-17(5)16-19(21)12-7-2/h6-11,13-16,21H,1-4,12H2,5H3/b14-10-. The van der Waals surface area contributed by atoms with Crippen LogP contribution in [0.1, 0.15) is 13.3 Å². The monoisotopic (exact) mass is 276 g/mol. The van der Waals surface area contributed by atoms with Crippen LogP contribution in [0.2, 0.25) is 0 Å². The molecule has 1 unspecified atom stereocenters. The molecule has 0 N–H and O–H groups in total. The van der Waals surface area contributed by atoms with Crippen molar-refractivity contribution in [2.24, 2.45) is 5.92 Å².